The van der Waals surface area contributed by atoms with Crippen molar-refractivity contribution in [3.63, 3.8) is 0 Å². The fraction of sp³-hybridized carbons (Fsp3) is 0.278. The number of nitrogens with one attached hydrogen (secondary N) is 2. The van der Waals surface area contributed by atoms with Gasteiger partial charge in [0.25, 0.3) is 5.91 Å². The largest absolute Gasteiger partial charge is 0.480 e. The Kier molecular flexibility index (Phi) is 5.60. The first-order valence-corrected chi connectivity index (χ1v) is 8.55. The van der Waals surface area contributed by atoms with E-state index in [-0.39, 0.29) is 23.7 Å². The molecule has 0 saturated carbocycles. The van der Waals surface area contributed by atoms with Crippen LogP contribution in [0.2, 0.25) is 0 Å². The standard InChI is InChI=1S/C18H21N7O2/c1-3-12(7-4-6-11-10-21-18(19)25-17(11)27-2)22-16(26)15-23-13-8-5-9-20-14(13)24-15/h4-6,8-10,12H,3,7H2,1-2H3,(H,22,26)(H2,19,21,25)(H,20,23,24)/b6-4+/t12-/m0/s1. The number of hydrogen-bond donors (Lipinski definition) is 3. The molecule has 3 aromatic rings. The number of imidazole rings is 1. The molecule has 1 amide bonds. The lowest BCUT2D eigenvalue weighted by atomic mass is 10.1. The number of aromatic nitrogens is 5. The van der Waals surface area contributed by atoms with E-state index < -0.39 is 0 Å². The average molecular weight is 367 g/mol. The van der Waals surface area contributed by atoms with Gasteiger partial charge in [0.2, 0.25) is 11.8 Å². The molecule has 27 heavy (non-hydrogen) atoms. The van der Waals surface area contributed by atoms with Crippen molar-refractivity contribution >= 4 is 29.1 Å². The monoisotopic (exact) mass is 367 g/mol. The molecule has 0 unspecified atom stereocenters. The summed E-state index contributed by atoms with van der Waals surface area (Å²) < 4.78 is 5.19. The second kappa shape index (κ2) is 8.26. The van der Waals surface area contributed by atoms with Crippen LogP contribution in [0.25, 0.3) is 17.2 Å². The maximum Gasteiger partial charge on any atom is 0.287 e. The van der Waals surface area contributed by atoms with E-state index in [9.17, 15) is 4.79 Å². The minimum absolute atomic E-state index is 0.0457. The number of nitrogens with two attached hydrogens (primary N) is 1. The van der Waals surface area contributed by atoms with Crippen molar-refractivity contribution in [1.29, 1.82) is 0 Å². The zero-order valence-electron chi connectivity index (χ0n) is 15.1. The van der Waals surface area contributed by atoms with E-state index in [1.165, 1.54) is 7.11 Å². The van der Waals surface area contributed by atoms with Gasteiger partial charge in [-0.05, 0) is 25.0 Å². The van der Waals surface area contributed by atoms with E-state index in [0.29, 0.717) is 17.9 Å². The first-order chi connectivity index (χ1) is 13.1. The number of H-pyrrole nitrogens is 1. The van der Waals surface area contributed by atoms with Crippen molar-refractivity contribution in [1.82, 2.24) is 30.2 Å². The number of anilines is 1. The number of nitrogen functional groups attached to an aromatic ring is 1. The van der Waals surface area contributed by atoms with Crippen LogP contribution >= 0.6 is 0 Å². The predicted octanol–water partition coefficient (Wildman–Crippen LogP) is 1.95. The van der Waals surface area contributed by atoms with Crippen LogP contribution in [-0.2, 0) is 0 Å². The summed E-state index contributed by atoms with van der Waals surface area (Å²) >= 11 is 0. The van der Waals surface area contributed by atoms with Gasteiger partial charge in [-0.2, -0.15) is 4.98 Å². The topological polar surface area (TPSA) is 132 Å². The van der Waals surface area contributed by atoms with E-state index in [2.05, 4.69) is 30.2 Å². The lowest BCUT2D eigenvalue weighted by molar-refractivity contribution is 0.0927. The average Bonchev–Trinajstić information content (AvgIpc) is 3.12. The Balaban J connectivity index is 1.64. The number of ether oxygens (including phenoxy) is 1. The van der Waals surface area contributed by atoms with E-state index in [1.807, 2.05) is 25.1 Å². The Bertz CT molecular complexity index is 934. The molecule has 1 atom stereocenters. The van der Waals surface area contributed by atoms with E-state index in [0.717, 1.165) is 17.5 Å². The van der Waals surface area contributed by atoms with Crippen LogP contribution in [-0.4, -0.2) is 44.0 Å². The summed E-state index contributed by atoms with van der Waals surface area (Å²) in [6.07, 6.45) is 8.42. The molecular weight excluding hydrogens is 346 g/mol. The van der Waals surface area contributed by atoms with Gasteiger partial charge in [-0.3, -0.25) is 4.79 Å². The van der Waals surface area contributed by atoms with Crippen molar-refractivity contribution < 1.29 is 9.53 Å². The zero-order valence-corrected chi connectivity index (χ0v) is 15.1. The quantitative estimate of drug-likeness (QED) is 0.581. The molecule has 9 heteroatoms. The summed E-state index contributed by atoms with van der Waals surface area (Å²) in [5, 5.41) is 2.97. The van der Waals surface area contributed by atoms with Gasteiger partial charge >= 0.3 is 0 Å². The SMILES string of the molecule is CC[C@@H](C/C=C/c1cnc(N)nc1OC)NC(=O)c1nc2ncccc2[nH]1. The predicted molar refractivity (Wildman–Crippen MR) is 102 cm³/mol. The van der Waals surface area contributed by atoms with Gasteiger partial charge in [-0.25, -0.2) is 15.0 Å². The van der Waals surface area contributed by atoms with Gasteiger partial charge in [0, 0.05) is 18.4 Å². The molecule has 0 fully saturated rings. The van der Waals surface area contributed by atoms with E-state index in [1.54, 1.807) is 18.5 Å². The Morgan fingerprint density at radius 2 is 2.26 bits per heavy atom. The van der Waals surface area contributed by atoms with Crippen LogP contribution in [0.15, 0.2) is 30.6 Å². The number of hydrogen-bond acceptors (Lipinski definition) is 7. The molecule has 9 nitrogen and oxygen atoms in total. The number of methoxy groups -OCH3 is 1. The van der Waals surface area contributed by atoms with Crippen molar-refractivity contribution in [2.45, 2.75) is 25.8 Å². The van der Waals surface area contributed by atoms with Gasteiger partial charge in [0.15, 0.2) is 11.5 Å². The minimum atomic E-state index is -0.262. The number of carbonyl (C=O) groups is 1. The first-order valence-electron chi connectivity index (χ1n) is 8.55. The molecule has 0 radical (unpaired) electrons. The highest BCUT2D eigenvalue weighted by Crippen LogP contribution is 2.17. The second-order valence-corrected chi connectivity index (χ2v) is 5.87. The summed E-state index contributed by atoms with van der Waals surface area (Å²) in [6.45, 7) is 2.01. The summed E-state index contributed by atoms with van der Waals surface area (Å²) in [5.74, 6) is 0.551. The Morgan fingerprint density at radius 1 is 1.41 bits per heavy atom. The fourth-order valence-corrected chi connectivity index (χ4v) is 2.56. The highest BCUT2D eigenvalue weighted by Gasteiger charge is 2.15. The van der Waals surface area contributed by atoms with Crippen molar-refractivity contribution in [2.75, 3.05) is 12.8 Å². The molecular formula is C18H21N7O2. The zero-order chi connectivity index (χ0) is 19.2. The summed E-state index contributed by atoms with van der Waals surface area (Å²) in [4.78, 5) is 31.7. The molecule has 0 aliphatic heterocycles. The lowest BCUT2D eigenvalue weighted by Gasteiger charge is -2.14. The third-order valence-corrected chi connectivity index (χ3v) is 4.01. The normalized spacial score (nSPS) is 12.4. The number of amides is 1. The van der Waals surface area contributed by atoms with Crippen LogP contribution in [0.1, 0.15) is 35.9 Å². The van der Waals surface area contributed by atoms with Gasteiger partial charge in [-0.1, -0.05) is 19.1 Å². The Morgan fingerprint density at radius 3 is 3.00 bits per heavy atom. The van der Waals surface area contributed by atoms with E-state index in [4.69, 9.17) is 10.5 Å². The molecule has 0 bridgehead atoms. The van der Waals surface area contributed by atoms with Crippen LogP contribution < -0.4 is 15.8 Å². The third-order valence-electron chi connectivity index (χ3n) is 4.01. The van der Waals surface area contributed by atoms with Crippen molar-refractivity contribution in [2.24, 2.45) is 0 Å². The number of pyridine rings is 1. The summed E-state index contributed by atoms with van der Waals surface area (Å²) in [6, 6.07) is 3.57. The summed E-state index contributed by atoms with van der Waals surface area (Å²) in [7, 11) is 1.52. The van der Waals surface area contributed by atoms with Gasteiger partial charge in [0.05, 0.1) is 18.2 Å². The van der Waals surface area contributed by atoms with Gasteiger partial charge < -0.3 is 20.8 Å². The van der Waals surface area contributed by atoms with Crippen LogP contribution in [0, 0.1) is 0 Å². The maximum absolute atomic E-state index is 12.4. The lowest BCUT2D eigenvalue weighted by Crippen LogP contribution is -2.34. The van der Waals surface area contributed by atoms with Crippen LogP contribution in [0.3, 0.4) is 0 Å². The highest BCUT2D eigenvalue weighted by molar-refractivity contribution is 5.93. The van der Waals surface area contributed by atoms with Gasteiger partial charge in [-0.15, -0.1) is 0 Å². The van der Waals surface area contributed by atoms with Crippen LogP contribution in [0.5, 0.6) is 5.88 Å². The Hall–Kier alpha value is -3.49. The molecule has 0 spiro atoms. The number of fused-ring (bicyclic) bond motifs is 1. The number of rotatable bonds is 7. The first kappa shape index (κ1) is 18.3. The van der Waals surface area contributed by atoms with Crippen molar-refractivity contribution in [3.05, 3.63) is 42.0 Å². The minimum Gasteiger partial charge on any atom is -0.480 e. The third kappa shape index (κ3) is 4.38. The molecule has 4 N–H and O–H groups in total. The van der Waals surface area contributed by atoms with Crippen molar-refractivity contribution in [3.8, 4) is 5.88 Å². The smallest absolute Gasteiger partial charge is 0.287 e. The molecule has 0 saturated heterocycles. The molecule has 3 aromatic heterocycles. The van der Waals surface area contributed by atoms with E-state index >= 15 is 0 Å². The molecule has 3 rings (SSSR count). The second-order valence-electron chi connectivity index (χ2n) is 5.87. The van der Waals surface area contributed by atoms with Crippen LogP contribution in [0.4, 0.5) is 5.95 Å². The molecule has 3 heterocycles. The number of carbonyl (C=O) groups excluding carboxylic acids is 1. The Labute approximate surface area is 156 Å². The maximum atomic E-state index is 12.4. The molecule has 0 aromatic carbocycles. The highest BCUT2D eigenvalue weighted by atomic mass is 16.5. The number of nitrogens with zero attached hydrogens (tertiary/aromatic N) is 4. The fourth-order valence-electron chi connectivity index (χ4n) is 2.56. The summed E-state index contributed by atoms with van der Waals surface area (Å²) in [5.41, 5.74) is 7.52. The molecule has 140 valence electrons. The molecule has 0 aliphatic carbocycles. The number of aromatic amines is 1. The molecule has 0 aliphatic rings. The van der Waals surface area contributed by atoms with Gasteiger partial charge in [0.1, 0.15) is 0 Å².